The predicted molar refractivity (Wildman–Crippen MR) is 158 cm³/mol. The van der Waals surface area contributed by atoms with Crippen molar-refractivity contribution in [3.8, 4) is 12.1 Å². The second-order valence-corrected chi connectivity index (χ2v) is 11.6. The van der Waals surface area contributed by atoms with E-state index in [0.717, 1.165) is 38.8 Å². The van der Waals surface area contributed by atoms with E-state index in [1.165, 1.54) is 10.7 Å². The largest absolute Gasteiger partial charge is 0.446 e. The van der Waals surface area contributed by atoms with Crippen LogP contribution in [-0.2, 0) is 4.74 Å². The Morgan fingerprint density at radius 3 is 2.63 bits per heavy atom. The zero-order valence-corrected chi connectivity index (χ0v) is 24.4. The average molecular weight is 606 g/mol. The van der Waals surface area contributed by atoms with Crippen LogP contribution in [0.25, 0.3) is 5.65 Å². The van der Waals surface area contributed by atoms with Crippen LogP contribution in [-0.4, -0.2) is 93.2 Å². The molecule has 1 aromatic carbocycles. The number of piperidine rings is 2. The number of aliphatic hydroxyl groups is 1. The molecule has 2 aliphatic heterocycles. The summed E-state index contributed by atoms with van der Waals surface area (Å²) in [6.07, 6.45) is 3.96. The summed E-state index contributed by atoms with van der Waals surface area (Å²) in [5.74, 6) is 0.653. The first-order chi connectivity index (χ1) is 20.8. The third-order valence-corrected chi connectivity index (χ3v) is 8.39. The van der Waals surface area contributed by atoms with Gasteiger partial charge in [0, 0.05) is 32.2 Å². The van der Waals surface area contributed by atoms with Gasteiger partial charge in [-0.05, 0) is 51.3 Å². The number of benzene rings is 1. The fraction of sp³-hybridized carbons (Fsp3) is 0.500. The quantitative estimate of drug-likeness (QED) is 0.310. The molecular weight excluding hydrogens is 574 g/mol. The van der Waals surface area contributed by atoms with Crippen molar-refractivity contribution in [1.29, 1.82) is 10.5 Å². The van der Waals surface area contributed by atoms with Crippen molar-refractivity contribution in [3.63, 3.8) is 0 Å². The van der Waals surface area contributed by atoms with Crippen molar-refractivity contribution in [1.82, 2.24) is 29.8 Å². The van der Waals surface area contributed by atoms with Crippen LogP contribution < -0.4 is 20.9 Å². The van der Waals surface area contributed by atoms with E-state index in [9.17, 15) is 20.4 Å². The zero-order valence-electron chi connectivity index (χ0n) is 23.6. The number of β-amino-alcohol motifs (C(OH)–C–C–N with tert-alkyl or cyclic N) is 1. The van der Waals surface area contributed by atoms with Gasteiger partial charge in [0.05, 0.1) is 46.4 Å². The molecule has 43 heavy (non-hydrogen) atoms. The second-order valence-electron chi connectivity index (χ2n) is 11.2. The summed E-state index contributed by atoms with van der Waals surface area (Å²) in [6.45, 7) is 2.42. The van der Waals surface area contributed by atoms with Gasteiger partial charge >= 0.3 is 6.09 Å². The number of nitrogens with zero attached hydrogens (tertiary/aromatic N) is 8. The maximum absolute atomic E-state index is 12.5. The molecule has 2 aromatic heterocycles. The van der Waals surface area contributed by atoms with E-state index in [4.69, 9.17) is 16.3 Å². The number of ether oxygens (including phenoxy) is 1. The van der Waals surface area contributed by atoms with E-state index < -0.39 is 18.2 Å². The number of imidazole rings is 1. The predicted octanol–water partition coefficient (Wildman–Crippen LogP) is 2.60. The molecule has 224 valence electrons. The SMILES string of the molecule is CN1CCC(OC(=O)NC2CCN(c3cc(C#N)cc(Nc4nc(NC5CC5)c5ncc(C#N)n5n4)c3Cl)CC2O)CC1. The number of rotatable bonds is 7. The molecule has 2 saturated heterocycles. The number of aliphatic hydroxyl groups excluding tert-OH is 1. The molecule has 0 spiro atoms. The molecular formula is C28H32ClN11O3. The molecule has 1 amide bonds. The molecule has 1 aliphatic carbocycles. The molecule has 4 N–H and O–H groups in total. The van der Waals surface area contributed by atoms with Gasteiger partial charge in [-0.15, -0.1) is 5.10 Å². The number of carbonyl (C=O) groups is 1. The van der Waals surface area contributed by atoms with Gasteiger partial charge in [-0.2, -0.15) is 20.0 Å². The first kappa shape index (κ1) is 28.7. The van der Waals surface area contributed by atoms with Crippen molar-refractivity contribution in [2.75, 3.05) is 48.8 Å². The molecule has 3 aliphatic rings. The van der Waals surface area contributed by atoms with Crippen LogP contribution in [0.4, 0.5) is 27.9 Å². The summed E-state index contributed by atoms with van der Waals surface area (Å²) in [7, 11) is 2.04. The lowest BCUT2D eigenvalue weighted by molar-refractivity contribution is 0.0459. The Kier molecular flexibility index (Phi) is 8.08. The van der Waals surface area contributed by atoms with E-state index in [2.05, 4.69) is 48.1 Å². The summed E-state index contributed by atoms with van der Waals surface area (Å²) < 4.78 is 7.00. The maximum Gasteiger partial charge on any atom is 0.407 e. The highest BCUT2D eigenvalue weighted by atomic mass is 35.5. The third kappa shape index (κ3) is 6.37. The van der Waals surface area contributed by atoms with Crippen LogP contribution in [0.3, 0.4) is 0 Å². The van der Waals surface area contributed by atoms with Crippen molar-refractivity contribution in [2.24, 2.45) is 0 Å². The highest BCUT2D eigenvalue weighted by molar-refractivity contribution is 6.36. The maximum atomic E-state index is 12.5. The smallest absolute Gasteiger partial charge is 0.407 e. The highest BCUT2D eigenvalue weighted by Gasteiger charge is 2.32. The number of aromatic nitrogens is 4. The average Bonchev–Trinajstić information content (AvgIpc) is 3.72. The second kappa shape index (κ2) is 12.1. The first-order valence-electron chi connectivity index (χ1n) is 14.3. The lowest BCUT2D eigenvalue weighted by atomic mass is 10.0. The molecule has 0 bridgehead atoms. The van der Waals surface area contributed by atoms with Crippen molar-refractivity contribution >= 4 is 46.5 Å². The van der Waals surface area contributed by atoms with Gasteiger partial charge in [0.25, 0.3) is 0 Å². The first-order valence-corrected chi connectivity index (χ1v) is 14.7. The van der Waals surface area contributed by atoms with Crippen LogP contribution in [0.1, 0.15) is 43.4 Å². The fourth-order valence-corrected chi connectivity index (χ4v) is 5.68. The Morgan fingerprint density at radius 2 is 1.93 bits per heavy atom. The standard InChI is InChI=1S/C28H32ClN11O3/c1-38-7-4-19(5-8-38)43-28(42)35-20-6-9-39(15-23(20)41)22-11-16(12-30)10-21(24(22)29)34-27-36-25(33-17-2-3-17)26-32-14-18(13-31)40(26)37-27/h10-11,14,17,19-20,23,41H,2-9,15H2,1H3,(H,35,42)(H2,33,34,36,37). The topological polar surface area (TPSA) is 180 Å². The highest BCUT2D eigenvalue weighted by Crippen LogP contribution is 2.37. The lowest BCUT2D eigenvalue weighted by Gasteiger charge is -2.38. The Morgan fingerprint density at radius 1 is 1.14 bits per heavy atom. The van der Waals surface area contributed by atoms with Gasteiger partial charge in [-0.1, -0.05) is 11.6 Å². The van der Waals surface area contributed by atoms with Crippen LogP contribution in [0.5, 0.6) is 0 Å². The number of amides is 1. The number of fused-ring (bicyclic) bond motifs is 1. The molecule has 6 rings (SSSR count). The van der Waals surface area contributed by atoms with Crippen LogP contribution in [0.2, 0.25) is 5.02 Å². The van der Waals surface area contributed by atoms with Crippen LogP contribution in [0, 0.1) is 22.7 Å². The normalized spacial score (nSPS) is 21.2. The van der Waals surface area contributed by atoms with Gasteiger partial charge in [-0.25, -0.2) is 9.78 Å². The van der Waals surface area contributed by atoms with Gasteiger partial charge in [0.15, 0.2) is 17.2 Å². The monoisotopic (exact) mass is 605 g/mol. The molecule has 3 aromatic rings. The molecule has 14 nitrogen and oxygen atoms in total. The minimum absolute atomic E-state index is 0.127. The van der Waals surface area contributed by atoms with Gasteiger partial charge in [0.2, 0.25) is 5.95 Å². The summed E-state index contributed by atoms with van der Waals surface area (Å²) in [4.78, 5) is 25.5. The number of carbonyl (C=O) groups excluding carboxylic acids is 1. The number of hydrogen-bond donors (Lipinski definition) is 4. The Bertz CT molecular complexity index is 1600. The molecule has 2 atom stereocenters. The molecule has 15 heteroatoms. The molecule has 2 unspecified atom stereocenters. The Labute approximate surface area is 253 Å². The fourth-order valence-electron chi connectivity index (χ4n) is 5.40. The zero-order chi connectivity index (χ0) is 30.1. The minimum atomic E-state index is -0.885. The molecule has 0 radical (unpaired) electrons. The summed E-state index contributed by atoms with van der Waals surface area (Å²) >= 11 is 6.87. The number of likely N-dealkylation sites (tertiary alicyclic amines) is 1. The number of alkyl carbamates (subject to hydrolysis) is 1. The molecule has 4 heterocycles. The van der Waals surface area contributed by atoms with Crippen molar-refractivity contribution in [2.45, 2.75) is 56.4 Å². The number of nitriles is 2. The third-order valence-electron chi connectivity index (χ3n) is 7.99. The van der Waals surface area contributed by atoms with Gasteiger partial charge in [-0.3, -0.25) is 0 Å². The van der Waals surface area contributed by atoms with E-state index in [1.54, 1.807) is 12.1 Å². The van der Waals surface area contributed by atoms with Crippen LogP contribution in [0.15, 0.2) is 18.3 Å². The summed E-state index contributed by atoms with van der Waals surface area (Å²) in [5, 5.41) is 44.3. The van der Waals surface area contributed by atoms with Crippen molar-refractivity contribution in [3.05, 3.63) is 34.6 Å². The van der Waals surface area contributed by atoms with Gasteiger partial charge < -0.3 is 35.6 Å². The molecule has 1 saturated carbocycles. The molecule has 3 fully saturated rings. The van der Waals surface area contributed by atoms with Crippen molar-refractivity contribution < 1.29 is 14.6 Å². The Balaban J connectivity index is 1.18. The van der Waals surface area contributed by atoms with E-state index in [-0.39, 0.29) is 30.3 Å². The van der Waals surface area contributed by atoms with E-state index in [1.807, 2.05) is 11.9 Å². The lowest BCUT2D eigenvalue weighted by Crippen LogP contribution is -2.54. The Hall–Kier alpha value is -4.37. The summed E-state index contributed by atoms with van der Waals surface area (Å²) in [5.41, 5.74) is 1.97. The number of nitrogens with one attached hydrogen (secondary N) is 3. The number of anilines is 4. The minimum Gasteiger partial charge on any atom is -0.446 e. The van der Waals surface area contributed by atoms with E-state index in [0.29, 0.717) is 46.4 Å². The van der Waals surface area contributed by atoms with Gasteiger partial charge in [0.1, 0.15) is 12.2 Å². The van der Waals surface area contributed by atoms with Crippen LogP contribution >= 0.6 is 11.6 Å². The number of hydrogen-bond acceptors (Lipinski definition) is 12. The van der Waals surface area contributed by atoms with E-state index >= 15 is 0 Å². The summed E-state index contributed by atoms with van der Waals surface area (Å²) in [6, 6.07) is 7.30. The number of halogens is 1.